The molecule has 35 heavy (non-hydrogen) atoms. The van der Waals surface area contributed by atoms with Gasteiger partial charge in [-0.1, -0.05) is 98.8 Å². The first-order valence-electron chi connectivity index (χ1n) is 12.5. The van der Waals surface area contributed by atoms with Gasteiger partial charge < -0.3 is 4.57 Å². The van der Waals surface area contributed by atoms with Crippen LogP contribution in [-0.2, 0) is 0 Å². The summed E-state index contributed by atoms with van der Waals surface area (Å²) in [6.07, 6.45) is 1.15. The monoisotopic (exact) mass is 451 g/mol. The summed E-state index contributed by atoms with van der Waals surface area (Å²) in [6.45, 7) is 4.55. The van der Waals surface area contributed by atoms with E-state index >= 15 is 0 Å². The SMILES string of the molecule is CCC(C)c1ccc(-n2c3ccc(-c4ccccc4)cc3c3cc(-c4ccccc4)ccc32)cc1. The summed E-state index contributed by atoms with van der Waals surface area (Å²) in [6, 6.07) is 44.2. The summed E-state index contributed by atoms with van der Waals surface area (Å²) in [5, 5.41) is 2.57. The molecule has 1 nitrogen and oxygen atoms in total. The molecule has 1 atom stereocenters. The topological polar surface area (TPSA) is 4.93 Å². The quantitative estimate of drug-likeness (QED) is 0.246. The van der Waals surface area contributed by atoms with Crippen molar-refractivity contribution in [2.75, 3.05) is 0 Å². The average molecular weight is 452 g/mol. The Bertz CT molecular complexity index is 1510. The Hall–Kier alpha value is -4.10. The van der Waals surface area contributed by atoms with Crippen molar-refractivity contribution in [1.29, 1.82) is 0 Å². The van der Waals surface area contributed by atoms with Crippen LogP contribution in [0.1, 0.15) is 31.7 Å². The number of benzene rings is 5. The van der Waals surface area contributed by atoms with Gasteiger partial charge in [0.05, 0.1) is 11.0 Å². The highest BCUT2D eigenvalue weighted by atomic mass is 15.0. The zero-order valence-electron chi connectivity index (χ0n) is 20.3. The van der Waals surface area contributed by atoms with E-state index in [0.717, 1.165) is 6.42 Å². The Labute approximate surface area is 207 Å². The second kappa shape index (κ2) is 8.92. The molecule has 0 spiro atoms. The molecular formula is C34H29N. The van der Waals surface area contributed by atoms with E-state index in [1.54, 1.807) is 0 Å². The molecule has 1 heteroatoms. The molecule has 1 aromatic heterocycles. The van der Waals surface area contributed by atoms with Gasteiger partial charge in [0.15, 0.2) is 0 Å². The van der Waals surface area contributed by atoms with Crippen molar-refractivity contribution in [2.45, 2.75) is 26.2 Å². The fourth-order valence-corrected chi connectivity index (χ4v) is 5.11. The molecule has 0 bridgehead atoms. The van der Waals surface area contributed by atoms with Crippen LogP contribution in [-0.4, -0.2) is 4.57 Å². The fraction of sp³-hybridized carbons (Fsp3) is 0.118. The van der Waals surface area contributed by atoms with Gasteiger partial charge in [0.2, 0.25) is 0 Å². The standard InChI is InChI=1S/C34H29N/c1-3-24(2)25-14-18-30(19-15-25)35-33-20-16-28(26-10-6-4-7-11-26)22-31(33)32-23-29(17-21-34(32)35)27-12-8-5-9-13-27/h4-24H,3H2,1-2H3. The minimum atomic E-state index is 0.573. The van der Waals surface area contributed by atoms with E-state index in [1.165, 1.54) is 55.3 Å². The molecule has 5 aromatic carbocycles. The zero-order chi connectivity index (χ0) is 23.8. The van der Waals surface area contributed by atoms with E-state index < -0.39 is 0 Å². The van der Waals surface area contributed by atoms with Gasteiger partial charge in [-0.05, 0) is 76.6 Å². The first-order chi connectivity index (χ1) is 17.2. The van der Waals surface area contributed by atoms with Gasteiger partial charge in [0.1, 0.15) is 0 Å². The average Bonchev–Trinajstić information content (AvgIpc) is 3.26. The second-order valence-corrected chi connectivity index (χ2v) is 9.43. The molecule has 1 heterocycles. The number of aromatic nitrogens is 1. The van der Waals surface area contributed by atoms with Crippen LogP contribution in [0.25, 0.3) is 49.7 Å². The summed E-state index contributed by atoms with van der Waals surface area (Å²) in [5.74, 6) is 0.573. The van der Waals surface area contributed by atoms with E-state index in [0.29, 0.717) is 5.92 Å². The molecule has 1 unspecified atom stereocenters. The van der Waals surface area contributed by atoms with Crippen LogP contribution in [0.4, 0.5) is 0 Å². The summed E-state index contributed by atoms with van der Waals surface area (Å²) in [5.41, 5.74) is 10.1. The van der Waals surface area contributed by atoms with Gasteiger partial charge in [-0.15, -0.1) is 0 Å². The van der Waals surface area contributed by atoms with Crippen molar-refractivity contribution < 1.29 is 0 Å². The minimum absolute atomic E-state index is 0.573. The van der Waals surface area contributed by atoms with Crippen LogP contribution in [0.2, 0.25) is 0 Å². The number of hydrogen-bond donors (Lipinski definition) is 0. The van der Waals surface area contributed by atoms with Gasteiger partial charge >= 0.3 is 0 Å². The fourth-order valence-electron chi connectivity index (χ4n) is 5.11. The number of fused-ring (bicyclic) bond motifs is 3. The summed E-state index contributed by atoms with van der Waals surface area (Å²) < 4.78 is 2.41. The highest BCUT2D eigenvalue weighted by Crippen LogP contribution is 2.37. The van der Waals surface area contributed by atoms with Gasteiger partial charge in [-0.25, -0.2) is 0 Å². The Morgan fingerprint density at radius 3 is 1.49 bits per heavy atom. The van der Waals surface area contributed by atoms with Crippen molar-refractivity contribution in [3.05, 3.63) is 127 Å². The Balaban J connectivity index is 1.60. The number of rotatable bonds is 5. The van der Waals surface area contributed by atoms with Crippen molar-refractivity contribution >= 4 is 21.8 Å². The molecule has 0 fully saturated rings. The normalized spacial score (nSPS) is 12.3. The minimum Gasteiger partial charge on any atom is -0.309 e. The lowest BCUT2D eigenvalue weighted by Gasteiger charge is -2.12. The Morgan fingerprint density at radius 1 is 0.543 bits per heavy atom. The molecule has 0 radical (unpaired) electrons. The third kappa shape index (κ3) is 3.84. The predicted molar refractivity (Wildman–Crippen MR) is 150 cm³/mol. The van der Waals surface area contributed by atoms with E-state index in [2.05, 4.69) is 140 Å². The van der Waals surface area contributed by atoms with Crippen molar-refractivity contribution in [2.24, 2.45) is 0 Å². The molecule has 170 valence electrons. The third-order valence-electron chi connectivity index (χ3n) is 7.31. The van der Waals surface area contributed by atoms with Gasteiger partial charge in [-0.2, -0.15) is 0 Å². The predicted octanol–water partition coefficient (Wildman–Crippen LogP) is 9.63. The summed E-state index contributed by atoms with van der Waals surface area (Å²) in [7, 11) is 0. The smallest absolute Gasteiger partial charge is 0.0541 e. The highest BCUT2D eigenvalue weighted by Gasteiger charge is 2.15. The Kier molecular flexibility index (Phi) is 5.47. The van der Waals surface area contributed by atoms with Crippen molar-refractivity contribution in [3.63, 3.8) is 0 Å². The molecule has 0 aliphatic rings. The maximum atomic E-state index is 2.41. The molecule has 0 amide bonds. The van der Waals surface area contributed by atoms with E-state index in [4.69, 9.17) is 0 Å². The Morgan fingerprint density at radius 2 is 1.03 bits per heavy atom. The molecular weight excluding hydrogens is 422 g/mol. The van der Waals surface area contributed by atoms with Crippen molar-refractivity contribution in [1.82, 2.24) is 4.57 Å². The number of hydrogen-bond acceptors (Lipinski definition) is 0. The lowest BCUT2D eigenvalue weighted by molar-refractivity contribution is 0.733. The second-order valence-electron chi connectivity index (χ2n) is 9.43. The zero-order valence-corrected chi connectivity index (χ0v) is 20.3. The number of nitrogens with zero attached hydrogens (tertiary/aromatic N) is 1. The van der Waals surface area contributed by atoms with Crippen LogP contribution in [0, 0.1) is 0 Å². The molecule has 6 aromatic rings. The molecule has 0 aliphatic heterocycles. The molecule has 0 saturated heterocycles. The highest BCUT2D eigenvalue weighted by molar-refractivity contribution is 6.11. The summed E-state index contributed by atoms with van der Waals surface area (Å²) in [4.78, 5) is 0. The van der Waals surface area contributed by atoms with Crippen LogP contribution < -0.4 is 0 Å². The molecule has 0 saturated carbocycles. The maximum Gasteiger partial charge on any atom is 0.0541 e. The largest absolute Gasteiger partial charge is 0.309 e. The van der Waals surface area contributed by atoms with Crippen LogP contribution >= 0.6 is 0 Å². The van der Waals surface area contributed by atoms with Crippen LogP contribution in [0.3, 0.4) is 0 Å². The van der Waals surface area contributed by atoms with Crippen LogP contribution in [0.15, 0.2) is 121 Å². The lowest BCUT2D eigenvalue weighted by atomic mass is 9.98. The van der Waals surface area contributed by atoms with Gasteiger partial charge in [-0.3, -0.25) is 0 Å². The van der Waals surface area contributed by atoms with Gasteiger partial charge in [0.25, 0.3) is 0 Å². The molecule has 0 N–H and O–H groups in total. The first-order valence-corrected chi connectivity index (χ1v) is 12.5. The summed E-state index contributed by atoms with van der Waals surface area (Å²) >= 11 is 0. The van der Waals surface area contributed by atoms with E-state index in [1.807, 2.05) is 0 Å². The van der Waals surface area contributed by atoms with Crippen molar-refractivity contribution in [3.8, 4) is 27.9 Å². The molecule has 0 aliphatic carbocycles. The van der Waals surface area contributed by atoms with E-state index in [-0.39, 0.29) is 0 Å². The van der Waals surface area contributed by atoms with Gasteiger partial charge in [0, 0.05) is 16.5 Å². The first kappa shape index (κ1) is 21.4. The van der Waals surface area contributed by atoms with E-state index in [9.17, 15) is 0 Å². The molecule has 6 rings (SSSR count). The lowest BCUT2D eigenvalue weighted by Crippen LogP contribution is -1.96. The third-order valence-corrected chi connectivity index (χ3v) is 7.31. The maximum absolute atomic E-state index is 2.41. The van der Waals surface area contributed by atoms with Crippen LogP contribution in [0.5, 0.6) is 0 Å².